The fraction of sp³-hybridized carbons (Fsp3) is 0.692. The molecule has 1 aliphatic heterocycles. The predicted octanol–water partition coefficient (Wildman–Crippen LogP) is 2.57. The van der Waals surface area contributed by atoms with Crippen molar-refractivity contribution < 1.29 is 4.92 Å². The van der Waals surface area contributed by atoms with Crippen LogP contribution in [0.5, 0.6) is 0 Å². The van der Waals surface area contributed by atoms with E-state index in [-0.39, 0.29) is 16.7 Å². The summed E-state index contributed by atoms with van der Waals surface area (Å²) in [5.41, 5.74) is -0.260. The van der Waals surface area contributed by atoms with Crippen LogP contribution < -0.4 is 5.32 Å². The van der Waals surface area contributed by atoms with Gasteiger partial charge in [-0.3, -0.25) is 10.1 Å². The molecule has 0 amide bonds. The van der Waals surface area contributed by atoms with Gasteiger partial charge in [-0.1, -0.05) is 24.9 Å². The van der Waals surface area contributed by atoms with Crippen LogP contribution in [0.4, 0.5) is 11.5 Å². The first-order chi connectivity index (χ1) is 10.1. The third-order valence-corrected chi connectivity index (χ3v) is 3.87. The Hall–Kier alpha value is -1.47. The van der Waals surface area contributed by atoms with E-state index in [0.29, 0.717) is 12.5 Å². The topological polar surface area (TPSA) is 84.2 Å². The lowest BCUT2D eigenvalue weighted by molar-refractivity contribution is -0.384. The Morgan fingerprint density at radius 2 is 2.14 bits per heavy atom. The van der Waals surface area contributed by atoms with E-state index in [1.807, 2.05) is 0 Å². The van der Waals surface area contributed by atoms with Gasteiger partial charge in [0.2, 0.25) is 11.0 Å². The van der Waals surface area contributed by atoms with Gasteiger partial charge in [0, 0.05) is 13.1 Å². The SMILES string of the molecule is CC(CNc1ncnc(Cl)c1[N+](=O)[O-])CN1CCCCC1. The van der Waals surface area contributed by atoms with Crippen molar-refractivity contribution in [3.8, 4) is 0 Å². The van der Waals surface area contributed by atoms with E-state index >= 15 is 0 Å². The maximum atomic E-state index is 11.0. The highest BCUT2D eigenvalue weighted by Gasteiger charge is 2.22. The van der Waals surface area contributed by atoms with Gasteiger partial charge < -0.3 is 10.2 Å². The molecule has 1 fully saturated rings. The van der Waals surface area contributed by atoms with Crippen molar-refractivity contribution in [1.82, 2.24) is 14.9 Å². The Balaban J connectivity index is 1.90. The average Bonchev–Trinajstić information content (AvgIpc) is 2.45. The van der Waals surface area contributed by atoms with E-state index in [2.05, 4.69) is 27.1 Å². The smallest absolute Gasteiger partial charge is 0.348 e. The third-order valence-electron chi connectivity index (χ3n) is 3.60. The number of hydrogen-bond acceptors (Lipinski definition) is 6. The first kappa shape index (κ1) is 15.9. The van der Waals surface area contributed by atoms with E-state index < -0.39 is 4.92 Å². The molecule has 0 bridgehead atoms. The van der Waals surface area contributed by atoms with Crippen molar-refractivity contribution in [1.29, 1.82) is 0 Å². The molecule has 116 valence electrons. The minimum Gasteiger partial charge on any atom is -0.364 e. The number of hydrogen-bond donors (Lipinski definition) is 1. The quantitative estimate of drug-likeness (QED) is 0.493. The summed E-state index contributed by atoms with van der Waals surface area (Å²) in [5, 5.41) is 13.9. The zero-order valence-corrected chi connectivity index (χ0v) is 12.8. The molecule has 21 heavy (non-hydrogen) atoms. The lowest BCUT2D eigenvalue weighted by Gasteiger charge is -2.29. The fourth-order valence-electron chi connectivity index (χ4n) is 2.57. The number of nitro groups is 1. The van der Waals surface area contributed by atoms with E-state index in [4.69, 9.17) is 11.6 Å². The highest BCUT2D eigenvalue weighted by molar-refractivity contribution is 6.31. The van der Waals surface area contributed by atoms with Gasteiger partial charge in [0.15, 0.2) is 0 Å². The summed E-state index contributed by atoms with van der Waals surface area (Å²) in [7, 11) is 0. The maximum Gasteiger partial charge on any atom is 0.348 e. The summed E-state index contributed by atoms with van der Waals surface area (Å²) in [6.45, 7) is 6.01. The minimum absolute atomic E-state index is 0.138. The molecule has 1 atom stereocenters. The first-order valence-corrected chi connectivity index (χ1v) is 7.57. The van der Waals surface area contributed by atoms with Crippen molar-refractivity contribution in [2.24, 2.45) is 5.92 Å². The summed E-state index contributed by atoms with van der Waals surface area (Å²) in [5.74, 6) is 0.557. The second kappa shape index (κ2) is 7.51. The Morgan fingerprint density at radius 1 is 1.43 bits per heavy atom. The highest BCUT2D eigenvalue weighted by Crippen LogP contribution is 2.28. The molecule has 0 radical (unpaired) electrons. The Kier molecular flexibility index (Phi) is 5.69. The van der Waals surface area contributed by atoms with Crippen molar-refractivity contribution in [2.45, 2.75) is 26.2 Å². The number of nitrogens with zero attached hydrogens (tertiary/aromatic N) is 4. The van der Waals surface area contributed by atoms with E-state index in [1.54, 1.807) is 0 Å². The number of rotatable bonds is 6. The molecule has 1 aromatic heterocycles. The molecular weight excluding hydrogens is 294 g/mol. The highest BCUT2D eigenvalue weighted by atomic mass is 35.5. The van der Waals surface area contributed by atoms with Crippen LogP contribution in [0.3, 0.4) is 0 Å². The van der Waals surface area contributed by atoms with Crippen molar-refractivity contribution >= 4 is 23.1 Å². The zero-order valence-electron chi connectivity index (χ0n) is 12.1. The third kappa shape index (κ3) is 4.50. The monoisotopic (exact) mass is 313 g/mol. The molecule has 2 rings (SSSR count). The van der Waals surface area contributed by atoms with Crippen LogP contribution in [0.1, 0.15) is 26.2 Å². The van der Waals surface area contributed by atoms with Gasteiger partial charge in [-0.05, 0) is 31.8 Å². The summed E-state index contributed by atoms with van der Waals surface area (Å²) in [6, 6.07) is 0. The standard InChI is InChI=1S/C13H20ClN5O2/c1-10(8-18-5-3-2-4-6-18)7-15-13-11(19(20)21)12(14)16-9-17-13/h9-10H,2-8H2,1H3,(H,15,16,17). The lowest BCUT2D eigenvalue weighted by Crippen LogP contribution is -2.35. The molecule has 1 aromatic rings. The van der Waals surface area contributed by atoms with Crippen LogP contribution in [0.15, 0.2) is 6.33 Å². The van der Waals surface area contributed by atoms with Gasteiger partial charge in [-0.15, -0.1) is 0 Å². The second-order valence-corrected chi connectivity index (χ2v) is 5.82. The van der Waals surface area contributed by atoms with Gasteiger partial charge in [0.25, 0.3) is 0 Å². The van der Waals surface area contributed by atoms with Crippen LogP contribution in [-0.2, 0) is 0 Å². The summed E-state index contributed by atoms with van der Waals surface area (Å²) >= 11 is 5.75. The number of piperidine rings is 1. The fourth-order valence-corrected chi connectivity index (χ4v) is 2.77. The molecule has 1 aliphatic rings. The van der Waals surface area contributed by atoms with Gasteiger partial charge >= 0.3 is 5.69 Å². The molecule has 0 saturated carbocycles. The number of nitrogens with one attached hydrogen (secondary N) is 1. The Bertz CT molecular complexity index is 493. The number of anilines is 1. The van der Waals surface area contributed by atoms with Crippen molar-refractivity contribution in [2.75, 3.05) is 31.5 Å². The van der Waals surface area contributed by atoms with Crippen LogP contribution in [0, 0.1) is 16.0 Å². The minimum atomic E-state index is -0.556. The van der Waals surface area contributed by atoms with Crippen molar-refractivity contribution in [3.05, 3.63) is 21.6 Å². The molecule has 7 nitrogen and oxygen atoms in total. The molecule has 8 heteroatoms. The first-order valence-electron chi connectivity index (χ1n) is 7.19. The van der Waals surface area contributed by atoms with E-state index in [9.17, 15) is 10.1 Å². The molecule has 2 heterocycles. The second-order valence-electron chi connectivity index (χ2n) is 5.47. The van der Waals surface area contributed by atoms with Gasteiger partial charge in [-0.25, -0.2) is 9.97 Å². The molecule has 0 aliphatic carbocycles. The predicted molar refractivity (Wildman–Crippen MR) is 81.6 cm³/mol. The molecule has 0 spiro atoms. The Labute approximate surface area is 128 Å². The van der Waals surface area contributed by atoms with E-state index in [0.717, 1.165) is 19.6 Å². The average molecular weight is 314 g/mol. The molecule has 1 unspecified atom stereocenters. The van der Waals surface area contributed by atoms with Crippen LogP contribution >= 0.6 is 11.6 Å². The summed E-state index contributed by atoms with van der Waals surface area (Å²) < 4.78 is 0. The number of halogens is 1. The maximum absolute atomic E-state index is 11.0. The number of aromatic nitrogens is 2. The largest absolute Gasteiger partial charge is 0.364 e. The molecule has 1 N–H and O–H groups in total. The van der Waals surface area contributed by atoms with E-state index in [1.165, 1.54) is 25.6 Å². The lowest BCUT2D eigenvalue weighted by atomic mass is 10.1. The zero-order chi connectivity index (χ0) is 15.2. The molecule has 0 aromatic carbocycles. The normalized spacial score (nSPS) is 17.4. The van der Waals surface area contributed by atoms with Crippen LogP contribution in [0.2, 0.25) is 5.15 Å². The van der Waals surface area contributed by atoms with Gasteiger partial charge in [0.1, 0.15) is 6.33 Å². The summed E-state index contributed by atoms with van der Waals surface area (Å²) in [6.07, 6.45) is 5.06. The summed E-state index contributed by atoms with van der Waals surface area (Å²) in [4.78, 5) is 20.4. The molecule has 1 saturated heterocycles. The van der Waals surface area contributed by atoms with Gasteiger partial charge in [0.05, 0.1) is 4.92 Å². The van der Waals surface area contributed by atoms with Gasteiger partial charge in [-0.2, -0.15) is 0 Å². The molecular formula is C13H20ClN5O2. The number of likely N-dealkylation sites (tertiary alicyclic amines) is 1. The van der Waals surface area contributed by atoms with Crippen molar-refractivity contribution in [3.63, 3.8) is 0 Å². The van der Waals surface area contributed by atoms with Crippen LogP contribution in [-0.4, -0.2) is 46.0 Å². The Morgan fingerprint density at radius 3 is 2.81 bits per heavy atom. The van der Waals surface area contributed by atoms with Crippen LogP contribution in [0.25, 0.3) is 0 Å².